The highest BCUT2D eigenvalue weighted by molar-refractivity contribution is 5.94. The number of aromatic nitrogens is 3. The summed E-state index contributed by atoms with van der Waals surface area (Å²) < 4.78 is 0. The molecule has 0 atom stereocenters. The van der Waals surface area contributed by atoms with Gasteiger partial charge in [0.25, 0.3) is 5.91 Å². The second-order valence-electron chi connectivity index (χ2n) is 4.15. The second kappa shape index (κ2) is 5.58. The lowest BCUT2D eigenvalue weighted by atomic mass is 10.3. The topological polar surface area (TPSA) is 94.2 Å². The number of nitrogens with one attached hydrogen (secondary N) is 2. The summed E-state index contributed by atoms with van der Waals surface area (Å²) in [5, 5.41) is 12.8. The number of piperazine rings is 1. The van der Waals surface area contributed by atoms with Gasteiger partial charge < -0.3 is 15.1 Å². The Bertz CT molecular complexity index is 412. The Labute approximate surface area is 104 Å². The van der Waals surface area contributed by atoms with Crippen LogP contribution in [0.3, 0.4) is 0 Å². The summed E-state index contributed by atoms with van der Waals surface area (Å²) >= 11 is 0. The van der Waals surface area contributed by atoms with Gasteiger partial charge in [-0.3, -0.25) is 9.59 Å². The van der Waals surface area contributed by atoms with E-state index in [0.29, 0.717) is 13.1 Å². The number of hydrogen-bond acceptors (Lipinski definition) is 5. The first kappa shape index (κ1) is 12.5. The third-order valence-electron chi connectivity index (χ3n) is 2.82. The maximum Gasteiger partial charge on any atom is 0.276 e. The number of amides is 2. The SMILES string of the molecule is CN(CC(=O)N1CCNCC1)C(=O)c1cn[nH]n1. The monoisotopic (exact) mass is 252 g/mol. The smallest absolute Gasteiger partial charge is 0.276 e. The van der Waals surface area contributed by atoms with Gasteiger partial charge in [0.1, 0.15) is 0 Å². The standard InChI is InChI=1S/C10H16N6O2/c1-15(10(18)8-6-12-14-13-8)7-9(17)16-4-2-11-3-5-16/h6,11H,2-5,7H2,1H3,(H,12,13,14). The summed E-state index contributed by atoms with van der Waals surface area (Å²) in [5.41, 5.74) is 0.214. The van der Waals surface area contributed by atoms with Gasteiger partial charge >= 0.3 is 0 Å². The van der Waals surface area contributed by atoms with E-state index in [0.717, 1.165) is 13.1 Å². The third kappa shape index (κ3) is 2.83. The zero-order valence-corrected chi connectivity index (χ0v) is 10.2. The third-order valence-corrected chi connectivity index (χ3v) is 2.82. The predicted octanol–water partition coefficient (Wildman–Crippen LogP) is -1.69. The number of carbonyl (C=O) groups is 2. The van der Waals surface area contributed by atoms with Gasteiger partial charge in [-0.2, -0.15) is 15.4 Å². The minimum Gasteiger partial charge on any atom is -0.339 e. The normalized spacial score (nSPS) is 15.5. The fourth-order valence-corrected chi connectivity index (χ4v) is 1.79. The summed E-state index contributed by atoms with van der Waals surface area (Å²) in [7, 11) is 1.58. The van der Waals surface area contributed by atoms with E-state index >= 15 is 0 Å². The van der Waals surface area contributed by atoms with Gasteiger partial charge in [0.2, 0.25) is 5.91 Å². The molecule has 0 spiro atoms. The minimum absolute atomic E-state index is 0.0455. The lowest BCUT2D eigenvalue weighted by Gasteiger charge is -2.29. The molecule has 0 saturated carbocycles. The molecule has 8 heteroatoms. The Morgan fingerprint density at radius 3 is 2.78 bits per heavy atom. The number of likely N-dealkylation sites (N-methyl/N-ethyl adjacent to an activating group) is 1. The lowest BCUT2D eigenvalue weighted by molar-refractivity contribution is -0.132. The van der Waals surface area contributed by atoms with E-state index in [1.807, 2.05) is 0 Å². The Balaban J connectivity index is 1.88. The molecule has 98 valence electrons. The predicted molar refractivity (Wildman–Crippen MR) is 62.8 cm³/mol. The summed E-state index contributed by atoms with van der Waals surface area (Å²) in [4.78, 5) is 26.9. The maximum absolute atomic E-state index is 11.9. The van der Waals surface area contributed by atoms with Gasteiger partial charge in [0.15, 0.2) is 5.69 Å². The van der Waals surface area contributed by atoms with E-state index < -0.39 is 0 Å². The van der Waals surface area contributed by atoms with Crippen molar-refractivity contribution in [3.8, 4) is 0 Å². The fraction of sp³-hybridized carbons (Fsp3) is 0.600. The van der Waals surface area contributed by atoms with Crippen molar-refractivity contribution in [2.45, 2.75) is 0 Å². The van der Waals surface area contributed by atoms with Crippen molar-refractivity contribution in [2.24, 2.45) is 0 Å². The quantitative estimate of drug-likeness (QED) is 0.669. The molecule has 1 aromatic rings. The van der Waals surface area contributed by atoms with Crippen molar-refractivity contribution in [3.63, 3.8) is 0 Å². The van der Waals surface area contributed by atoms with Gasteiger partial charge in [-0.15, -0.1) is 0 Å². The molecule has 1 saturated heterocycles. The zero-order valence-electron chi connectivity index (χ0n) is 10.2. The highest BCUT2D eigenvalue weighted by Crippen LogP contribution is 2.00. The van der Waals surface area contributed by atoms with Gasteiger partial charge in [0.05, 0.1) is 12.7 Å². The summed E-state index contributed by atoms with van der Waals surface area (Å²) in [6.45, 7) is 3.03. The van der Waals surface area contributed by atoms with Crippen LogP contribution in [0.5, 0.6) is 0 Å². The van der Waals surface area contributed by atoms with E-state index in [4.69, 9.17) is 0 Å². The van der Waals surface area contributed by atoms with Crippen LogP contribution in [-0.4, -0.2) is 76.8 Å². The molecule has 1 fully saturated rings. The van der Waals surface area contributed by atoms with Crippen LogP contribution in [0.1, 0.15) is 10.5 Å². The molecule has 1 aliphatic heterocycles. The first-order valence-electron chi connectivity index (χ1n) is 5.78. The van der Waals surface area contributed by atoms with Crippen LogP contribution in [0.25, 0.3) is 0 Å². The highest BCUT2D eigenvalue weighted by Gasteiger charge is 2.21. The number of nitrogens with zero attached hydrogens (tertiary/aromatic N) is 4. The molecule has 0 bridgehead atoms. The van der Waals surface area contributed by atoms with Crippen molar-refractivity contribution < 1.29 is 9.59 Å². The molecule has 1 aliphatic rings. The Morgan fingerprint density at radius 2 is 2.17 bits per heavy atom. The number of aromatic amines is 1. The van der Waals surface area contributed by atoms with Crippen molar-refractivity contribution in [1.29, 1.82) is 0 Å². The molecule has 1 aromatic heterocycles. The average Bonchev–Trinajstić information content (AvgIpc) is 2.92. The first-order valence-corrected chi connectivity index (χ1v) is 5.78. The molecule has 0 radical (unpaired) electrons. The van der Waals surface area contributed by atoms with E-state index in [9.17, 15) is 9.59 Å². The molecule has 2 amide bonds. The Hall–Kier alpha value is -1.96. The van der Waals surface area contributed by atoms with Crippen LogP contribution in [0.4, 0.5) is 0 Å². The first-order chi connectivity index (χ1) is 8.68. The van der Waals surface area contributed by atoms with Crippen molar-refractivity contribution in [2.75, 3.05) is 39.8 Å². The van der Waals surface area contributed by atoms with Crippen molar-refractivity contribution in [1.82, 2.24) is 30.5 Å². The summed E-state index contributed by atoms with van der Waals surface area (Å²) in [5.74, 6) is -0.358. The zero-order chi connectivity index (χ0) is 13.0. The molecule has 2 N–H and O–H groups in total. The van der Waals surface area contributed by atoms with E-state index in [-0.39, 0.29) is 24.1 Å². The summed E-state index contributed by atoms with van der Waals surface area (Å²) in [6, 6.07) is 0. The van der Waals surface area contributed by atoms with Crippen LogP contribution in [0, 0.1) is 0 Å². The van der Waals surface area contributed by atoms with Crippen LogP contribution < -0.4 is 5.32 Å². The minimum atomic E-state index is -0.313. The fourth-order valence-electron chi connectivity index (χ4n) is 1.79. The molecule has 18 heavy (non-hydrogen) atoms. The lowest BCUT2D eigenvalue weighted by Crippen LogP contribution is -2.49. The second-order valence-corrected chi connectivity index (χ2v) is 4.15. The van der Waals surface area contributed by atoms with Gasteiger partial charge in [-0.1, -0.05) is 0 Å². The molecule has 8 nitrogen and oxygen atoms in total. The van der Waals surface area contributed by atoms with Crippen molar-refractivity contribution in [3.05, 3.63) is 11.9 Å². The number of rotatable bonds is 3. The number of hydrogen-bond donors (Lipinski definition) is 2. The van der Waals surface area contributed by atoms with Gasteiger partial charge in [-0.05, 0) is 0 Å². The Morgan fingerprint density at radius 1 is 1.44 bits per heavy atom. The van der Waals surface area contributed by atoms with Crippen LogP contribution >= 0.6 is 0 Å². The summed E-state index contributed by atoms with van der Waals surface area (Å²) in [6.07, 6.45) is 1.34. The molecule has 0 aliphatic carbocycles. The van der Waals surface area contributed by atoms with Gasteiger partial charge in [0, 0.05) is 33.2 Å². The molecule has 2 heterocycles. The van der Waals surface area contributed by atoms with E-state index in [1.54, 1.807) is 11.9 Å². The molecular formula is C10H16N6O2. The van der Waals surface area contributed by atoms with E-state index in [1.165, 1.54) is 11.1 Å². The molecule has 0 aromatic carbocycles. The number of carbonyl (C=O) groups excluding carboxylic acids is 2. The van der Waals surface area contributed by atoms with Crippen LogP contribution in [0.15, 0.2) is 6.20 Å². The largest absolute Gasteiger partial charge is 0.339 e. The molecular weight excluding hydrogens is 236 g/mol. The van der Waals surface area contributed by atoms with Crippen LogP contribution in [0.2, 0.25) is 0 Å². The Kier molecular flexibility index (Phi) is 3.88. The number of H-pyrrole nitrogens is 1. The highest BCUT2D eigenvalue weighted by atomic mass is 16.2. The van der Waals surface area contributed by atoms with Crippen molar-refractivity contribution >= 4 is 11.8 Å². The average molecular weight is 252 g/mol. The van der Waals surface area contributed by atoms with Gasteiger partial charge in [-0.25, -0.2) is 0 Å². The van der Waals surface area contributed by atoms with Crippen LogP contribution in [-0.2, 0) is 4.79 Å². The molecule has 0 unspecified atom stereocenters. The maximum atomic E-state index is 11.9. The molecule has 2 rings (SSSR count). The van der Waals surface area contributed by atoms with E-state index in [2.05, 4.69) is 20.7 Å².